The maximum absolute atomic E-state index is 13.4. The molecular formula is C53H94N4O18. The second-order valence-corrected chi connectivity index (χ2v) is 17.4. The van der Waals surface area contributed by atoms with Crippen LogP contribution < -0.4 is 20.1 Å². The van der Waals surface area contributed by atoms with Crippen LogP contribution in [0, 0.1) is 5.92 Å². The number of piperazine rings is 1. The first kappa shape index (κ1) is 67.5. The molecule has 0 bridgehead atoms. The van der Waals surface area contributed by atoms with Gasteiger partial charge in [-0.1, -0.05) is 32.1 Å². The van der Waals surface area contributed by atoms with Gasteiger partial charge in [-0.05, 0) is 49.9 Å². The molecule has 1 aliphatic heterocycles. The Balaban J connectivity index is 1.37. The van der Waals surface area contributed by atoms with E-state index in [0.29, 0.717) is 209 Å². The normalized spacial score (nSPS) is 13.9. The van der Waals surface area contributed by atoms with Crippen LogP contribution in [0.1, 0.15) is 51.5 Å². The fourth-order valence-corrected chi connectivity index (χ4v) is 6.98. The van der Waals surface area contributed by atoms with Crippen molar-refractivity contribution in [2.24, 2.45) is 5.92 Å². The van der Waals surface area contributed by atoms with Gasteiger partial charge in [-0.25, -0.2) is 4.79 Å². The van der Waals surface area contributed by atoms with Crippen molar-refractivity contribution in [1.82, 2.24) is 20.4 Å². The number of carbonyl (C=O) groups excluding carboxylic acids is 3. The van der Waals surface area contributed by atoms with Crippen molar-refractivity contribution in [2.45, 2.75) is 58.5 Å². The van der Waals surface area contributed by atoms with Crippen LogP contribution in [0.2, 0.25) is 0 Å². The lowest BCUT2D eigenvalue weighted by Gasteiger charge is -2.40. The lowest BCUT2D eigenvalue weighted by molar-refractivity contribution is -0.135. The highest BCUT2D eigenvalue weighted by Crippen LogP contribution is 2.29. The Morgan fingerprint density at radius 3 is 1.47 bits per heavy atom. The van der Waals surface area contributed by atoms with Gasteiger partial charge in [-0.15, -0.1) is 0 Å². The highest BCUT2D eigenvalue weighted by atomic mass is 16.6. The molecule has 3 amide bonds. The summed E-state index contributed by atoms with van der Waals surface area (Å²) in [7, 11) is 4.95. The van der Waals surface area contributed by atoms with E-state index in [2.05, 4.69) is 36.6 Å². The number of methoxy groups -OCH3 is 2. The molecule has 2 rings (SSSR count). The minimum absolute atomic E-state index is 0.00925. The van der Waals surface area contributed by atoms with Gasteiger partial charge in [0.25, 0.3) is 0 Å². The summed E-state index contributed by atoms with van der Waals surface area (Å²) in [4.78, 5) is 42.3. The first-order valence-corrected chi connectivity index (χ1v) is 26.7. The van der Waals surface area contributed by atoms with Crippen molar-refractivity contribution in [3.63, 3.8) is 0 Å². The first-order chi connectivity index (χ1) is 36.8. The predicted octanol–water partition coefficient (Wildman–Crippen LogP) is 3.55. The number of allylic oxidation sites excluding steroid dienone is 2. The topological polar surface area (TPSA) is 220 Å². The third-order valence-corrected chi connectivity index (χ3v) is 11.0. The van der Waals surface area contributed by atoms with E-state index in [1.807, 2.05) is 0 Å². The zero-order valence-corrected chi connectivity index (χ0v) is 46.0. The third kappa shape index (κ3) is 37.8. The van der Waals surface area contributed by atoms with Crippen LogP contribution in [0.25, 0.3) is 0 Å². The summed E-state index contributed by atoms with van der Waals surface area (Å²) < 4.78 is 82.3. The Morgan fingerprint density at radius 2 is 1.04 bits per heavy atom. The highest BCUT2D eigenvalue weighted by molar-refractivity contribution is 5.78. The van der Waals surface area contributed by atoms with Gasteiger partial charge >= 0.3 is 6.09 Å². The van der Waals surface area contributed by atoms with Crippen LogP contribution in [-0.4, -0.2) is 246 Å². The van der Waals surface area contributed by atoms with Gasteiger partial charge in [0.05, 0.1) is 185 Å². The smallest absolute Gasteiger partial charge is 0.415 e. The fourth-order valence-electron chi connectivity index (χ4n) is 6.98. The minimum atomic E-state index is -0.530. The van der Waals surface area contributed by atoms with E-state index >= 15 is 0 Å². The monoisotopic (exact) mass is 1070 g/mol. The summed E-state index contributed by atoms with van der Waals surface area (Å²) in [5, 5.41) is 6.08. The van der Waals surface area contributed by atoms with Crippen molar-refractivity contribution >= 4 is 17.9 Å². The molecule has 1 unspecified atom stereocenters. The summed E-state index contributed by atoms with van der Waals surface area (Å²) in [5.74, 6) is 1.13. The molecule has 1 fully saturated rings. The predicted molar refractivity (Wildman–Crippen MR) is 281 cm³/mol. The Kier molecular flexibility index (Phi) is 43.9. The largest absolute Gasteiger partial charge is 0.493 e. The number of rotatable bonds is 51. The fraction of sp³-hybridized carbons (Fsp3) is 0.792. The summed E-state index contributed by atoms with van der Waals surface area (Å²) in [5.41, 5.74) is 0.823. The molecular weight excluding hydrogens is 981 g/mol. The highest BCUT2D eigenvalue weighted by Gasteiger charge is 2.33. The second-order valence-electron chi connectivity index (χ2n) is 17.4. The number of carbonyl (C=O) groups is 3. The number of nitrogens with zero attached hydrogens (tertiary/aromatic N) is 2. The van der Waals surface area contributed by atoms with Gasteiger partial charge in [0.2, 0.25) is 11.8 Å². The first-order valence-electron chi connectivity index (χ1n) is 26.7. The third-order valence-electron chi connectivity index (χ3n) is 11.0. The van der Waals surface area contributed by atoms with E-state index in [9.17, 15) is 14.4 Å². The van der Waals surface area contributed by atoms with E-state index in [4.69, 9.17) is 71.1 Å². The number of hydrogen-bond acceptors (Lipinski definition) is 19. The molecule has 0 radical (unpaired) electrons. The molecule has 1 atom stereocenters. The molecule has 0 spiro atoms. The second kappa shape index (κ2) is 48.8. The number of ether oxygens (including phenoxy) is 15. The molecule has 0 aliphatic carbocycles. The zero-order chi connectivity index (χ0) is 54.1. The summed E-state index contributed by atoms with van der Waals surface area (Å²) in [6.07, 6.45) is 7.27. The molecule has 75 heavy (non-hydrogen) atoms. The van der Waals surface area contributed by atoms with E-state index in [1.165, 1.54) is 7.11 Å². The Hall–Kier alpha value is -3.59. The van der Waals surface area contributed by atoms with Crippen LogP contribution in [0.4, 0.5) is 4.79 Å². The molecule has 1 saturated heterocycles. The van der Waals surface area contributed by atoms with Crippen molar-refractivity contribution in [2.75, 3.05) is 213 Å². The van der Waals surface area contributed by atoms with E-state index < -0.39 is 6.09 Å². The maximum atomic E-state index is 13.4. The van der Waals surface area contributed by atoms with Gasteiger partial charge in [0.15, 0.2) is 11.5 Å². The van der Waals surface area contributed by atoms with Crippen LogP contribution in [0.3, 0.4) is 0 Å². The average molecular weight is 1080 g/mol. The van der Waals surface area contributed by atoms with Crippen molar-refractivity contribution in [3.05, 3.63) is 35.9 Å². The molecule has 22 heteroatoms. The van der Waals surface area contributed by atoms with Crippen LogP contribution in [0.5, 0.6) is 11.5 Å². The lowest BCUT2D eigenvalue weighted by atomic mass is 10.1. The number of amides is 3. The maximum Gasteiger partial charge on any atom is 0.415 e. The van der Waals surface area contributed by atoms with Crippen molar-refractivity contribution in [3.8, 4) is 11.5 Å². The molecule has 1 aliphatic rings. The summed E-state index contributed by atoms with van der Waals surface area (Å²) in [6.45, 7) is 17.9. The zero-order valence-electron chi connectivity index (χ0n) is 46.0. The Bertz CT molecular complexity index is 1570. The van der Waals surface area contributed by atoms with Gasteiger partial charge in [-0.3, -0.25) is 9.59 Å². The quantitative estimate of drug-likeness (QED) is 0.0704. The van der Waals surface area contributed by atoms with Crippen molar-refractivity contribution < 1.29 is 85.4 Å². The van der Waals surface area contributed by atoms with Gasteiger partial charge in [-0.2, -0.15) is 0 Å². The van der Waals surface area contributed by atoms with E-state index in [1.54, 1.807) is 42.2 Å². The average Bonchev–Trinajstić information content (AvgIpc) is 3.41. The van der Waals surface area contributed by atoms with E-state index in [-0.39, 0.29) is 36.6 Å². The molecule has 1 aromatic carbocycles. The van der Waals surface area contributed by atoms with Gasteiger partial charge < -0.3 is 91.5 Å². The lowest BCUT2D eigenvalue weighted by Crippen LogP contribution is -2.59. The molecule has 0 saturated carbocycles. The molecule has 1 heterocycles. The Labute approximate surface area is 447 Å². The number of nitrogens with one attached hydrogen (secondary N) is 2. The van der Waals surface area contributed by atoms with Crippen LogP contribution >= 0.6 is 0 Å². The number of likely N-dealkylation sites (N-methyl/N-ethyl adjacent to an activating group) is 1. The minimum Gasteiger partial charge on any atom is -0.493 e. The van der Waals surface area contributed by atoms with Crippen LogP contribution in [0.15, 0.2) is 30.4 Å². The molecule has 0 aromatic heterocycles. The SMILES string of the molecule is CNCC1CN(C(=O)CCOCCOCCOCCOCCOCCOCCOCCOCCOCCOCCOCCOCCOC)CCN1C(=O)Oc1ccc(CNC(=O)CCCC/C=C/C(C)C)cc1OC. The van der Waals surface area contributed by atoms with Crippen molar-refractivity contribution in [1.29, 1.82) is 0 Å². The number of benzene rings is 1. The number of hydrogen-bond donors (Lipinski definition) is 2. The summed E-state index contributed by atoms with van der Waals surface area (Å²) in [6, 6.07) is 4.93. The van der Waals surface area contributed by atoms with E-state index in [0.717, 1.165) is 24.8 Å². The molecule has 434 valence electrons. The molecule has 1 aromatic rings. The standard InChI is InChI=1S/C53H94N4O18/c1-46(2)10-8-6-7-9-11-51(58)55-43-47-12-13-49(50(42-47)62-5)75-53(60)57-16-15-56(45-48(57)44-54-3)52(59)14-17-63-20-21-65-24-25-67-28-29-69-32-33-71-36-37-73-40-41-74-39-38-72-35-34-70-31-30-68-27-26-66-23-22-64-19-18-61-4/h8,10,12-13,42,46,48,54H,6-7,9,11,14-41,43-45H2,1-5H3,(H,55,58)/b10-8+. The molecule has 2 N–H and O–H groups in total. The summed E-state index contributed by atoms with van der Waals surface area (Å²) >= 11 is 0. The van der Waals surface area contributed by atoms with Gasteiger partial charge in [0, 0.05) is 46.3 Å². The van der Waals surface area contributed by atoms with Gasteiger partial charge in [0.1, 0.15) is 0 Å². The number of unbranched alkanes of at least 4 members (excludes halogenated alkanes) is 2. The Morgan fingerprint density at radius 1 is 0.587 bits per heavy atom. The molecule has 22 nitrogen and oxygen atoms in total. The van der Waals surface area contributed by atoms with Crippen LogP contribution in [-0.2, 0) is 77.7 Å².